The van der Waals surface area contributed by atoms with Crippen LogP contribution in [-0.4, -0.2) is 15.9 Å². The first-order chi connectivity index (χ1) is 14.6. The lowest BCUT2D eigenvalue weighted by Gasteiger charge is -2.10. The normalized spacial score (nSPS) is 11.6. The molecule has 4 rings (SSSR count). The van der Waals surface area contributed by atoms with E-state index in [0.717, 1.165) is 24.3 Å². The van der Waals surface area contributed by atoms with Crippen LogP contribution in [0.5, 0.6) is 0 Å². The number of nitrogens with zero attached hydrogens (tertiary/aromatic N) is 1. The van der Waals surface area contributed by atoms with E-state index in [-0.39, 0.29) is 11.3 Å². The largest absolute Gasteiger partial charge is 0.416 e. The van der Waals surface area contributed by atoms with Gasteiger partial charge in [-0.25, -0.2) is 13.8 Å². The standard InChI is InChI=1S/C21H13F5N4O/c22-15-4-5-16(27)18(23)17(15)20(31)30-12-7-13-14(9-29-19(13)28-8-12)10-2-1-3-11(6-10)21(24,25)26/h1-9H,27H2,(H,28,29)(H,30,31). The van der Waals surface area contributed by atoms with Crippen molar-refractivity contribution in [3.8, 4) is 11.1 Å². The van der Waals surface area contributed by atoms with Gasteiger partial charge in [-0.05, 0) is 35.9 Å². The number of aromatic nitrogens is 2. The molecule has 0 radical (unpaired) electrons. The number of amides is 1. The fourth-order valence-electron chi connectivity index (χ4n) is 3.14. The van der Waals surface area contributed by atoms with Gasteiger partial charge in [0.25, 0.3) is 5.91 Å². The molecule has 0 saturated heterocycles. The van der Waals surface area contributed by atoms with Crippen molar-refractivity contribution < 1.29 is 26.7 Å². The zero-order valence-corrected chi connectivity index (χ0v) is 15.5. The molecule has 2 aromatic heterocycles. The van der Waals surface area contributed by atoms with Gasteiger partial charge in [-0.1, -0.05) is 12.1 Å². The van der Waals surface area contributed by atoms with E-state index in [1.54, 1.807) is 0 Å². The molecule has 2 heterocycles. The van der Waals surface area contributed by atoms with E-state index in [1.165, 1.54) is 30.6 Å². The molecule has 0 aliphatic rings. The fourth-order valence-corrected chi connectivity index (χ4v) is 3.14. The van der Waals surface area contributed by atoms with Gasteiger partial charge in [0.05, 0.1) is 23.1 Å². The minimum absolute atomic E-state index is 0.0894. The van der Waals surface area contributed by atoms with Crippen LogP contribution in [0.2, 0.25) is 0 Å². The zero-order chi connectivity index (χ0) is 22.3. The molecule has 10 heteroatoms. The number of alkyl halides is 3. The van der Waals surface area contributed by atoms with Crippen molar-refractivity contribution in [1.82, 2.24) is 9.97 Å². The third kappa shape index (κ3) is 3.79. The SMILES string of the molecule is Nc1ccc(F)c(C(=O)Nc2cnc3[nH]cc(-c4cccc(C(F)(F)F)c4)c3c2)c1F. The summed E-state index contributed by atoms with van der Waals surface area (Å²) in [4.78, 5) is 19.3. The van der Waals surface area contributed by atoms with Crippen LogP contribution >= 0.6 is 0 Å². The van der Waals surface area contributed by atoms with Crippen LogP contribution < -0.4 is 11.1 Å². The molecule has 0 atom stereocenters. The van der Waals surface area contributed by atoms with E-state index in [0.29, 0.717) is 16.6 Å². The number of nitrogens with one attached hydrogen (secondary N) is 2. The van der Waals surface area contributed by atoms with Crippen molar-refractivity contribution in [3.63, 3.8) is 0 Å². The third-order valence-electron chi connectivity index (χ3n) is 4.64. The number of benzene rings is 2. The van der Waals surface area contributed by atoms with Gasteiger partial charge >= 0.3 is 6.18 Å². The summed E-state index contributed by atoms with van der Waals surface area (Å²) in [6.45, 7) is 0. The second-order valence-corrected chi connectivity index (χ2v) is 6.68. The molecule has 0 aliphatic heterocycles. The summed E-state index contributed by atoms with van der Waals surface area (Å²) in [6.07, 6.45) is -1.78. The number of hydrogen-bond donors (Lipinski definition) is 3. The Labute approximate surface area is 171 Å². The summed E-state index contributed by atoms with van der Waals surface area (Å²) in [5.41, 5.74) is 4.46. The molecule has 2 aromatic carbocycles. The highest BCUT2D eigenvalue weighted by Gasteiger charge is 2.30. The number of aromatic amines is 1. The average molecular weight is 432 g/mol. The first-order valence-corrected chi connectivity index (χ1v) is 8.84. The van der Waals surface area contributed by atoms with Crippen molar-refractivity contribution in [2.45, 2.75) is 6.18 Å². The Hall–Kier alpha value is -3.95. The number of nitrogen functional groups attached to an aromatic ring is 1. The number of nitrogens with two attached hydrogens (primary N) is 1. The minimum atomic E-state index is -4.51. The molecule has 0 aliphatic carbocycles. The maximum atomic E-state index is 14.1. The molecule has 1 amide bonds. The average Bonchev–Trinajstić information content (AvgIpc) is 3.14. The van der Waals surface area contributed by atoms with Crippen molar-refractivity contribution in [3.05, 3.63) is 77.6 Å². The van der Waals surface area contributed by atoms with Gasteiger partial charge in [0.1, 0.15) is 17.0 Å². The van der Waals surface area contributed by atoms with Crippen LogP contribution in [0.1, 0.15) is 15.9 Å². The van der Waals surface area contributed by atoms with Gasteiger partial charge in [-0.2, -0.15) is 13.2 Å². The summed E-state index contributed by atoms with van der Waals surface area (Å²) in [5.74, 6) is -3.37. The number of fused-ring (bicyclic) bond motifs is 1. The Balaban J connectivity index is 1.72. The minimum Gasteiger partial charge on any atom is -0.396 e. The fraction of sp³-hybridized carbons (Fsp3) is 0.0476. The van der Waals surface area contributed by atoms with Crippen LogP contribution in [0.15, 0.2) is 54.9 Å². The van der Waals surface area contributed by atoms with Gasteiger partial charge in [-0.15, -0.1) is 0 Å². The Morgan fingerprint density at radius 3 is 2.61 bits per heavy atom. The maximum absolute atomic E-state index is 14.1. The second kappa shape index (κ2) is 7.38. The van der Waals surface area contributed by atoms with Crippen LogP contribution in [0.3, 0.4) is 0 Å². The molecule has 158 valence electrons. The van der Waals surface area contributed by atoms with E-state index >= 15 is 0 Å². The lowest BCUT2D eigenvalue weighted by atomic mass is 10.0. The summed E-state index contributed by atoms with van der Waals surface area (Å²) in [7, 11) is 0. The Morgan fingerprint density at radius 1 is 1.10 bits per heavy atom. The molecule has 5 nitrogen and oxygen atoms in total. The molecule has 0 spiro atoms. The first-order valence-electron chi connectivity index (χ1n) is 8.84. The molecule has 0 fully saturated rings. The predicted molar refractivity (Wildman–Crippen MR) is 105 cm³/mol. The van der Waals surface area contributed by atoms with E-state index < -0.39 is 40.5 Å². The van der Waals surface area contributed by atoms with Crippen molar-refractivity contribution in [1.29, 1.82) is 0 Å². The number of carbonyl (C=O) groups excluding carboxylic acids is 1. The molecule has 31 heavy (non-hydrogen) atoms. The maximum Gasteiger partial charge on any atom is 0.416 e. The van der Waals surface area contributed by atoms with Crippen LogP contribution in [0.4, 0.5) is 33.3 Å². The number of H-pyrrole nitrogens is 1. The van der Waals surface area contributed by atoms with E-state index in [4.69, 9.17) is 5.73 Å². The second-order valence-electron chi connectivity index (χ2n) is 6.68. The van der Waals surface area contributed by atoms with E-state index in [9.17, 15) is 26.7 Å². The number of hydrogen-bond acceptors (Lipinski definition) is 3. The Bertz CT molecular complexity index is 1310. The van der Waals surface area contributed by atoms with Crippen molar-refractivity contribution in [2.24, 2.45) is 0 Å². The van der Waals surface area contributed by atoms with Gasteiger partial charge in [-0.3, -0.25) is 4.79 Å². The molecule has 4 N–H and O–H groups in total. The summed E-state index contributed by atoms with van der Waals surface area (Å²) < 4.78 is 67.2. The van der Waals surface area contributed by atoms with Crippen molar-refractivity contribution in [2.75, 3.05) is 11.1 Å². The molecule has 0 bridgehead atoms. The molecule has 4 aromatic rings. The number of carbonyl (C=O) groups is 1. The van der Waals surface area contributed by atoms with Crippen LogP contribution in [-0.2, 0) is 6.18 Å². The smallest absolute Gasteiger partial charge is 0.396 e. The van der Waals surface area contributed by atoms with E-state index in [2.05, 4.69) is 15.3 Å². The third-order valence-corrected chi connectivity index (χ3v) is 4.64. The molecular formula is C21H13F5N4O. The number of rotatable bonds is 3. The van der Waals surface area contributed by atoms with Crippen LogP contribution in [0, 0.1) is 11.6 Å². The zero-order valence-electron chi connectivity index (χ0n) is 15.5. The number of pyridine rings is 1. The van der Waals surface area contributed by atoms with E-state index in [1.807, 2.05) is 0 Å². The number of anilines is 2. The summed E-state index contributed by atoms with van der Waals surface area (Å²) >= 11 is 0. The lowest BCUT2D eigenvalue weighted by molar-refractivity contribution is -0.137. The summed E-state index contributed by atoms with van der Waals surface area (Å²) in [5, 5.41) is 2.74. The van der Waals surface area contributed by atoms with Gasteiger partial charge in [0, 0.05) is 17.1 Å². The van der Waals surface area contributed by atoms with Gasteiger partial charge < -0.3 is 16.0 Å². The summed E-state index contributed by atoms with van der Waals surface area (Å²) in [6, 6.07) is 8.03. The van der Waals surface area contributed by atoms with Gasteiger partial charge in [0.15, 0.2) is 5.82 Å². The Morgan fingerprint density at radius 2 is 1.87 bits per heavy atom. The number of halogens is 5. The van der Waals surface area contributed by atoms with Gasteiger partial charge in [0.2, 0.25) is 0 Å². The van der Waals surface area contributed by atoms with Crippen molar-refractivity contribution >= 4 is 28.3 Å². The monoisotopic (exact) mass is 432 g/mol. The van der Waals surface area contributed by atoms with Crippen LogP contribution in [0.25, 0.3) is 22.2 Å². The predicted octanol–water partition coefficient (Wildman–Crippen LogP) is 5.36. The first kappa shape index (κ1) is 20.3. The Kier molecular flexibility index (Phi) is 4.84. The highest BCUT2D eigenvalue weighted by molar-refractivity contribution is 6.06. The molecular weight excluding hydrogens is 419 g/mol. The highest BCUT2D eigenvalue weighted by atomic mass is 19.4. The quantitative estimate of drug-likeness (QED) is 0.301. The topological polar surface area (TPSA) is 83.8 Å². The molecule has 0 saturated carbocycles. The molecule has 0 unspecified atom stereocenters. The lowest BCUT2D eigenvalue weighted by Crippen LogP contribution is -2.17. The highest BCUT2D eigenvalue weighted by Crippen LogP contribution is 2.35.